The molecule has 1 aliphatic rings. The molecule has 4 nitrogen and oxygen atoms in total. The normalized spacial score (nSPS) is 16.3. The predicted octanol–water partition coefficient (Wildman–Crippen LogP) is 2.81. The van der Waals surface area contributed by atoms with Crippen LogP contribution in [0, 0.1) is 6.92 Å². The van der Waals surface area contributed by atoms with E-state index in [0.717, 1.165) is 12.8 Å². The molecule has 1 aliphatic carbocycles. The summed E-state index contributed by atoms with van der Waals surface area (Å²) in [5.41, 5.74) is 1.94. The number of hydrogen-bond acceptors (Lipinski definition) is 3. The van der Waals surface area contributed by atoms with Crippen molar-refractivity contribution in [1.29, 1.82) is 0 Å². The molecule has 18 heavy (non-hydrogen) atoms. The van der Waals surface area contributed by atoms with Crippen LogP contribution in [0.1, 0.15) is 41.9 Å². The molecule has 2 aromatic rings. The molecule has 0 radical (unpaired) electrons. The maximum atomic E-state index is 12.2. The van der Waals surface area contributed by atoms with E-state index >= 15 is 0 Å². The summed E-state index contributed by atoms with van der Waals surface area (Å²) in [6.07, 6.45) is 4.58. The molecule has 1 amide bonds. The van der Waals surface area contributed by atoms with Crippen LogP contribution in [0.25, 0.3) is 11.1 Å². The van der Waals surface area contributed by atoms with E-state index < -0.39 is 0 Å². The van der Waals surface area contributed by atoms with Crippen molar-refractivity contribution in [2.75, 3.05) is 0 Å². The van der Waals surface area contributed by atoms with Gasteiger partial charge in [-0.05, 0) is 25.0 Å². The number of carbonyl (C=O) groups is 1. The Morgan fingerprint density at radius 2 is 2.17 bits per heavy atom. The second-order valence-electron chi connectivity index (χ2n) is 4.84. The first kappa shape index (κ1) is 11.3. The van der Waals surface area contributed by atoms with Gasteiger partial charge in [0.1, 0.15) is 5.52 Å². The molecule has 0 bridgehead atoms. The standard InChI is InChI=1S/C14H16N2O2/c1-9-15-13-11(7-4-8-12(13)18-9)14(17)16-10-5-2-3-6-10/h4,7-8,10H,2-3,5-6H2,1H3,(H,16,17). The van der Waals surface area contributed by atoms with E-state index in [9.17, 15) is 4.79 Å². The molecule has 0 atom stereocenters. The summed E-state index contributed by atoms with van der Waals surface area (Å²) >= 11 is 0. The SMILES string of the molecule is Cc1nc2c(C(=O)NC3CCCC3)cccc2o1. The molecule has 0 spiro atoms. The van der Waals surface area contributed by atoms with Crippen LogP contribution in [-0.2, 0) is 0 Å². The average Bonchev–Trinajstić information content (AvgIpc) is 2.95. The summed E-state index contributed by atoms with van der Waals surface area (Å²) in [6.45, 7) is 1.79. The summed E-state index contributed by atoms with van der Waals surface area (Å²) in [5.74, 6) is 0.548. The second kappa shape index (κ2) is 4.44. The van der Waals surface area contributed by atoms with Crippen molar-refractivity contribution in [1.82, 2.24) is 10.3 Å². The third-order valence-electron chi connectivity index (χ3n) is 3.46. The number of benzene rings is 1. The number of amides is 1. The van der Waals surface area contributed by atoms with Crippen molar-refractivity contribution in [3.8, 4) is 0 Å². The zero-order valence-corrected chi connectivity index (χ0v) is 10.4. The Balaban J connectivity index is 1.90. The van der Waals surface area contributed by atoms with E-state index in [1.165, 1.54) is 12.8 Å². The molecule has 0 unspecified atom stereocenters. The van der Waals surface area contributed by atoms with Crippen LogP contribution in [0.3, 0.4) is 0 Å². The molecule has 1 N–H and O–H groups in total. The summed E-state index contributed by atoms with van der Waals surface area (Å²) in [7, 11) is 0. The second-order valence-corrected chi connectivity index (χ2v) is 4.84. The molecular formula is C14H16N2O2. The molecule has 1 fully saturated rings. The first-order valence-corrected chi connectivity index (χ1v) is 6.41. The number of aryl methyl sites for hydroxylation is 1. The highest BCUT2D eigenvalue weighted by molar-refractivity contribution is 6.04. The number of nitrogens with zero attached hydrogens (tertiary/aromatic N) is 1. The first-order valence-electron chi connectivity index (χ1n) is 6.41. The van der Waals surface area contributed by atoms with Gasteiger partial charge in [0.05, 0.1) is 5.56 Å². The van der Waals surface area contributed by atoms with Crippen LogP contribution in [0.2, 0.25) is 0 Å². The minimum Gasteiger partial charge on any atom is -0.441 e. The molecule has 1 aromatic heterocycles. The van der Waals surface area contributed by atoms with E-state index in [1.807, 2.05) is 12.1 Å². The summed E-state index contributed by atoms with van der Waals surface area (Å²) < 4.78 is 5.44. The van der Waals surface area contributed by atoms with Crippen molar-refractivity contribution in [3.63, 3.8) is 0 Å². The Kier molecular flexibility index (Phi) is 2.78. The molecule has 0 aliphatic heterocycles. The molecule has 94 valence electrons. The summed E-state index contributed by atoms with van der Waals surface area (Å²) in [4.78, 5) is 16.5. The van der Waals surface area contributed by atoms with E-state index in [2.05, 4.69) is 10.3 Å². The minimum absolute atomic E-state index is 0.0409. The lowest BCUT2D eigenvalue weighted by Crippen LogP contribution is -2.32. The molecule has 1 heterocycles. The summed E-state index contributed by atoms with van der Waals surface area (Å²) in [6, 6.07) is 5.79. The number of carbonyl (C=O) groups excluding carboxylic acids is 1. The van der Waals surface area contributed by atoms with Crippen molar-refractivity contribution in [3.05, 3.63) is 29.7 Å². The van der Waals surface area contributed by atoms with Crippen LogP contribution >= 0.6 is 0 Å². The van der Waals surface area contributed by atoms with Gasteiger partial charge in [-0.2, -0.15) is 0 Å². The fourth-order valence-electron chi connectivity index (χ4n) is 2.58. The number of fused-ring (bicyclic) bond motifs is 1. The van der Waals surface area contributed by atoms with Crippen molar-refractivity contribution in [2.45, 2.75) is 38.6 Å². The topological polar surface area (TPSA) is 55.1 Å². The van der Waals surface area contributed by atoms with Gasteiger partial charge in [-0.1, -0.05) is 18.9 Å². The van der Waals surface area contributed by atoms with Crippen LogP contribution in [0.5, 0.6) is 0 Å². The van der Waals surface area contributed by atoms with Crippen molar-refractivity contribution < 1.29 is 9.21 Å². The highest BCUT2D eigenvalue weighted by Crippen LogP contribution is 2.21. The van der Waals surface area contributed by atoms with Crippen LogP contribution in [0.15, 0.2) is 22.6 Å². The number of rotatable bonds is 2. The molecule has 3 rings (SSSR count). The average molecular weight is 244 g/mol. The fourth-order valence-corrected chi connectivity index (χ4v) is 2.58. The van der Waals surface area contributed by atoms with Gasteiger partial charge in [0.2, 0.25) is 0 Å². The molecule has 1 aromatic carbocycles. The quantitative estimate of drug-likeness (QED) is 0.883. The zero-order valence-electron chi connectivity index (χ0n) is 10.4. The Bertz CT molecular complexity index is 582. The van der Waals surface area contributed by atoms with Crippen molar-refractivity contribution >= 4 is 17.0 Å². The minimum atomic E-state index is -0.0409. The number of para-hydroxylation sites is 1. The van der Waals surface area contributed by atoms with Gasteiger partial charge in [0.25, 0.3) is 5.91 Å². The highest BCUT2D eigenvalue weighted by atomic mass is 16.3. The first-order chi connectivity index (χ1) is 8.74. The lowest BCUT2D eigenvalue weighted by molar-refractivity contribution is 0.0939. The Morgan fingerprint density at radius 3 is 2.94 bits per heavy atom. The van der Waals surface area contributed by atoms with Gasteiger partial charge >= 0.3 is 0 Å². The van der Waals surface area contributed by atoms with Crippen LogP contribution in [-0.4, -0.2) is 16.9 Å². The zero-order chi connectivity index (χ0) is 12.5. The maximum Gasteiger partial charge on any atom is 0.253 e. The van der Waals surface area contributed by atoms with E-state index in [1.54, 1.807) is 13.0 Å². The van der Waals surface area contributed by atoms with E-state index in [4.69, 9.17) is 4.42 Å². The lowest BCUT2D eigenvalue weighted by Gasteiger charge is -2.11. The smallest absolute Gasteiger partial charge is 0.253 e. The molecule has 4 heteroatoms. The number of hydrogen-bond donors (Lipinski definition) is 1. The lowest BCUT2D eigenvalue weighted by atomic mass is 10.1. The van der Waals surface area contributed by atoms with Crippen LogP contribution < -0.4 is 5.32 Å². The molecule has 0 saturated heterocycles. The summed E-state index contributed by atoms with van der Waals surface area (Å²) in [5, 5.41) is 3.08. The van der Waals surface area contributed by atoms with Gasteiger partial charge < -0.3 is 9.73 Å². The third kappa shape index (κ3) is 1.98. The van der Waals surface area contributed by atoms with E-state index in [-0.39, 0.29) is 5.91 Å². The van der Waals surface area contributed by atoms with Gasteiger partial charge in [-0.15, -0.1) is 0 Å². The third-order valence-corrected chi connectivity index (χ3v) is 3.46. The number of oxazole rings is 1. The van der Waals surface area contributed by atoms with Gasteiger partial charge in [0, 0.05) is 13.0 Å². The fraction of sp³-hybridized carbons (Fsp3) is 0.429. The predicted molar refractivity (Wildman–Crippen MR) is 68.5 cm³/mol. The Hall–Kier alpha value is -1.84. The van der Waals surface area contributed by atoms with E-state index in [0.29, 0.717) is 28.6 Å². The Morgan fingerprint density at radius 1 is 1.39 bits per heavy atom. The largest absolute Gasteiger partial charge is 0.441 e. The van der Waals surface area contributed by atoms with Gasteiger partial charge in [-0.3, -0.25) is 4.79 Å². The van der Waals surface area contributed by atoms with Gasteiger partial charge in [-0.25, -0.2) is 4.98 Å². The van der Waals surface area contributed by atoms with Crippen molar-refractivity contribution in [2.24, 2.45) is 0 Å². The van der Waals surface area contributed by atoms with Crippen LogP contribution in [0.4, 0.5) is 0 Å². The number of nitrogens with one attached hydrogen (secondary N) is 1. The monoisotopic (exact) mass is 244 g/mol. The molecular weight excluding hydrogens is 228 g/mol. The number of aromatic nitrogens is 1. The Labute approximate surface area is 105 Å². The maximum absolute atomic E-state index is 12.2. The highest BCUT2D eigenvalue weighted by Gasteiger charge is 2.20. The molecule has 1 saturated carbocycles. The van der Waals surface area contributed by atoms with Gasteiger partial charge in [0.15, 0.2) is 11.5 Å².